The number of halogens is 3. The Bertz CT molecular complexity index is 225. The van der Waals surface area contributed by atoms with Gasteiger partial charge in [-0.05, 0) is 32.2 Å². The molecule has 0 atom stereocenters. The van der Waals surface area contributed by atoms with Gasteiger partial charge in [0.1, 0.15) is 0 Å². The zero-order chi connectivity index (χ0) is 13.5. The normalized spacial score (nSPS) is 19.3. The lowest BCUT2D eigenvalue weighted by Crippen LogP contribution is -2.41. The quantitative estimate of drug-likeness (QED) is 0.678. The summed E-state index contributed by atoms with van der Waals surface area (Å²) in [6, 6.07) is 0. The molecule has 1 aliphatic carbocycles. The second-order valence-corrected chi connectivity index (χ2v) is 5.13. The Hall–Kier alpha value is -0.290. The van der Waals surface area contributed by atoms with Crippen LogP contribution in [0.3, 0.4) is 0 Å². The highest BCUT2D eigenvalue weighted by atomic mass is 19.4. The summed E-state index contributed by atoms with van der Waals surface area (Å²) in [5.41, 5.74) is -0.208. The van der Waals surface area contributed by atoms with Gasteiger partial charge in [-0.1, -0.05) is 19.8 Å². The predicted octanol–water partition coefficient (Wildman–Crippen LogP) is 3.66. The third-order valence-corrected chi connectivity index (χ3v) is 3.40. The van der Waals surface area contributed by atoms with Crippen LogP contribution in [-0.2, 0) is 4.74 Å². The first-order valence-electron chi connectivity index (χ1n) is 6.89. The van der Waals surface area contributed by atoms with Gasteiger partial charge in [0.05, 0.1) is 5.60 Å². The molecule has 2 nitrogen and oxygen atoms in total. The molecule has 0 radical (unpaired) electrons. The Kier molecular flexibility index (Phi) is 6.43. The topological polar surface area (TPSA) is 21.3 Å². The molecule has 1 fully saturated rings. The van der Waals surface area contributed by atoms with Gasteiger partial charge in [-0.3, -0.25) is 0 Å². The van der Waals surface area contributed by atoms with Crippen LogP contribution in [0.15, 0.2) is 0 Å². The second-order valence-electron chi connectivity index (χ2n) is 5.13. The van der Waals surface area contributed by atoms with Crippen LogP contribution in [0.4, 0.5) is 13.2 Å². The molecule has 0 amide bonds. The van der Waals surface area contributed by atoms with E-state index in [1.165, 1.54) is 0 Å². The summed E-state index contributed by atoms with van der Waals surface area (Å²) in [6.45, 7) is 4.02. The van der Waals surface area contributed by atoms with Crippen molar-refractivity contribution in [1.29, 1.82) is 0 Å². The van der Waals surface area contributed by atoms with Gasteiger partial charge < -0.3 is 10.1 Å². The molecular weight excluding hydrogens is 243 g/mol. The predicted molar refractivity (Wildman–Crippen MR) is 65.6 cm³/mol. The zero-order valence-corrected chi connectivity index (χ0v) is 11.1. The van der Waals surface area contributed by atoms with Crippen LogP contribution in [0.2, 0.25) is 0 Å². The first-order chi connectivity index (χ1) is 8.47. The van der Waals surface area contributed by atoms with Crippen LogP contribution in [0, 0.1) is 0 Å². The summed E-state index contributed by atoms with van der Waals surface area (Å²) >= 11 is 0. The van der Waals surface area contributed by atoms with E-state index >= 15 is 0 Å². The maximum absolute atomic E-state index is 12.0. The van der Waals surface area contributed by atoms with Crippen molar-refractivity contribution in [3.8, 4) is 0 Å². The molecule has 5 heteroatoms. The van der Waals surface area contributed by atoms with Gasteiger partial charge in [-0.15, -0.1) is 0 Å². The highest BCUT2D eigenvalue weighted by Crippen LogP contribution is 2.33. The largest absolute Gasteiger partial charge is 0.389 e. The number of hydrogen-bond donors (Lipinski definition) is 1. The molecule has 0 spiro atoms. The van der Waals surface area contributed by atoms with E-state index in [0.29, 0.717) is 0 Å². The molecule has 0 aromatic carbocycles. The highest BCUT2D eigenvalue weighted by Gasteiger charge is 2.34. The minimum absolute atomic E-state index is 0.0685. The number of hydrogen-bond acceptors (Lipinski definition) is 2. The average Bonchev–Trinajstić information content (AvgIpc) is 2.73. The fraction of sp³-hybridized carbons (Fsp3) is 1.00. The first kappa shape index (κ1) is 15.8. The van der Waals surface area contributed by atoms with Crippen molar-refractivity contribution in [2.75, 3.05) is 19.7 Å². The minimum Gasteiger partial charge on any atom is -0.374 e. The fourth-order valence-corrected chi connectivity index (χ4v) is 2.45. The summed E-state index contributed by atoms with van der Waals surface area (Å²) in [7, 11) is 0. The number of ether oxygens (including phenoxy) is 1. The van der Waals surface area contributed by atoms with E-state index in [2.05, 4.69) is 12.2 Å². The highest BCUT2D eigenvalue weighted by molar-refractivity contribution is 4.88. The van der Waals surface area contributed by atoms with Crippen LogP contribution < -0.4 is 5.32 Å². The Morgan fingerprint density at radius 2 is 1.89 bits per heavy atom. The minimum atomic E-state index is -4.06. The molecule has 1 aliphatic rings. The zero-order valence-electron chi connectivity index (χ0n) is 11.1. The molecule has 0 aromatic rings. The maximum atomic E-state index is 12.0. The van der Waals surface area contributed by atoms with Crippen molar-refractivity contribution in [2.45, 2.75) is 63.6 Å². The smallest absolute Gasteiger partial charge is 0.374 e. The van der Waals surface area contributed by atoms with Gasteiger partial charge >= 0.3 is 6.18 Å². The maximum Gasteiger partial charge on any atom is 0.389 e. The molecule has 0 saturated heterocycles. The third kappa shape index (κ3) is 6.05. The monoisotopic (exact) mass is 267 g/mol. The first-order valence-corrected chi connectivity index (χ1v) is 6.89. The lowest BCUT2D eigenvalue weighted by molar-refractivity contribution is -0.141. The standard InChI is InChI=1S/C13H24F3NO/c1-2-9-17-11-12(6-3-4-7-12)18-10-5-8-13(14,15)16/h17H,2-11H2,1H3. The van der Waals surface area contributed by atoms with Crippen LogP contribution in [-0.4, -0.2) is 31.5 Å². The van der Waals surface area contributed by atoms with E-state index in [9.17, 15) is 13.2 Å². The van der Waals surface area contributed by atoms with E-state index in [4.69, 9.17) is 4.74 Å². The molecular formula is C13H24F3NO. The molecule has 0 bridgehead atoms. The lowest BCUT2D eigenvalue weighted by atomic mass is 10.0. The van der Waals surface area contributed by atoms with Gasteiger partial charge in [0.15, 0.2) is 0 Å². The molecule has 0 heterocycles. The summed E-state index contributed by atoms with van der Waals surface area (Å²) in [4.78, 5) is 0. The Morgan fingerprint density at radius 3 is 2.44 bits per heavy atom. The summed E-state index contributed by atoms with van der Waals surface area (Å²) < 4.78 is 41.9. The molecule has 1 saturated carbocycles. The van der Waals surface area contributed by atoms with Crippen molar-refractivity contribution in [3.05, 3.63) is 0 Å². The van der Waals surface area contributed by atoms with Gasteiger partial charge in [0.25, 0.3) is 0 Å². The molecule has 1 rings (SSSR count). The Morgan fingerprint density at radius 1 is 1.22 bits per heavy atom. The molecule has 1 N–H and O–H groups in total. The van der Waals surface area contributed by atoms with Gasteiger partial charge in [0, 0.05) is 19.6 Å². The number of nitrogens with one attached hydrogen (secondary N) is 1. The number of rotatable bonds is 8. The van der Waals surface area contributed by atoms with Crippen molar-refractivity contribution in [3.63, 3.8) is 0 Å². The summed E-state index contributed by atoms with van der Waals surface area (Å²) in [6.07, 6.45) is 0.493. The van der Waals surface area contributed by atoms with Crippen molar-refractivity contribution >= 4 is 0 Å². The summed E-state index contributed by atoms with van der Waals surface area (Å²) in [5.74, 6) is 0. The van der Waals surface area contributed by atoms with Crippen LogP contribution >= 0.6 is 0 Å². The van der Waals surface area contributed by atoms with E-state index in [0.717, 1.165) is 45.2 Å². The number of alkyl halides is 3. The lowest BCUT2D eigenvalue weighted by Gasteiger charge is -2.30. The molecule has 0 aliphatic heterocycles. The van der Waals surface area contributed by atoms with Crippen LogP contribution in [0.5, 0.6) is 0 Å². The van der Waals surface area contributed by atoms with Gasteiger partial charge in [-0.2, -0.15) is 13.2 Å². The Balaban J connectivity index is 2.25. The van der Waals surface area contributed by atoms with Crippen LogP contribution in [0.25, 0.3) is 0 Å². The van der Waals surface area contributed by atoms with E-state index in [1.54, 1.807) is 0 Å². The van der Waals surface area contributed by atoms with Crippen molar-refractivity contribution in [2.24, 2.45) is 0 Å². The average molecular weight is 267 g/mol. The van der Waals surface area contributed by atoms with Crippen molar-refractivity contribution in [1.82, 2.24) is 5.32 Å². The van der Waals surface area contributed by atoms with Gasteiger partial charge in [-0.25, -0.2) is 0 Å². The molecule has 18 heavy (non-hydrogen) atoms. The third-order valence-electron chi connectivity index (χ3n) is 3.40. The molecule has 0 aromatic heterocycles. The Labute approximate surface area is 107 Å². The van der Waals surface area contributed by atoms with Gasteiger partial charge in [0.2, 0.25) is 0 Å². The van der Waals surface area contributed by atoms with E-state index < -0.39 is 12.6 Å². The van der Waals surface area contributed by atoms with Crippen molar-refractivity contribution < 1.29 is 17.9 Å². The summed E-state index contributed by atoms with van der Waals surface area (Å²) in [5, 5.41) is 3.33. The fourth-order valence-electron chi connectivity index (χ4n) is 2.45. The molecule has 0 unspecified atom stereocenters. The SMILES string of the molecule is CCCNCC1(OCCCC(F)(F)F)CCCC1. The molecule has 108 valence electrons. The van der Waals surface area contributed by atoms with E-state index in [-0.39, 0.29) is 18.6 Å². The van der Waals surface area contributed by atoms with Crippen LogP contribution in [0.1, 0.15) is 51.9 Å². The van der Waals surface area contributed by atoms with E-state index in [1.807, 2.05) is 0 Å². The second kappa shape index (κ2) is 7.34.